The number of nitrogens with one attached hydrogen (secondary N) is 4. The van der Waals surface area contributed by atoms with Crippen LogP contribution in [0.15, 0.2) is 18.2 Å². The molecule has 0 heterocycles. The number of hydrogen-bond donors (Lipinski definition) is 4. The number of carbonyl (C=O) groups excluding carboxylic acids is 1. The molecule has 0 atom stereocenters. The van der Waals surface area contributed by atoms with Gasteiger partial charge in [0.15, 0.2) is 5.11 Å². The van der Waals surface area contributed by atoms with Crippen LogP contribution in [0.1, 0.15) is 31.9 Å². The Labute approximate surface area is 131 Å². The Kier molecular flexibility index (Phi) is 5.96. The van der Waals surface area contributed by atoms with Crippen LogP contribution < -0.4 is 21.5 Å². The fraction of sp³-hybridized carbons (Fsp3) is 0.467. The maximum Gasteiger partial charge on any atom is 0.257 e. The summed E-state index contributed by atoms with van der Waals surface area (Å²) in [5.74, 6) is -0.189. The minimum atomic E-state index is -0.189. The van der Waals surface area contributed by atoms with Crippen LogP contribution in [0.2, 0.25) is 0 Å². The monoisotopic (exact) mass is 308 g/mol. The maximum absolute atomic E-state index is 11.7. The standard InChI is InChI=1S/C15H24N4OS/c1-10-6-7-12(8-11(10)2)16-9-13(20)18-19-14(21)17-15(3,4)5/h6-8,16H,9H2,1-5H3,(H,18,20)(H2,17,19,21). The molecule has 0 radical (unpaired) electrons. The van der Waals surface area contributed by atoms with E-state index in [2.05, 4.69) is 28.4 Å². The van der Waals surface area contributed by atoms with Crippen molar-refractivity contribution < 1.29 is 4.79 Å². The normalized spacial score (nSPS) is 10.7. The Balaban J connectivity index is 2.34. The quantitative estimate of drug-likeness (QED) is 0.508. The Hall–Kier alpha value is -1.82. The van der Waals surface area contributed by atoms with Crippen LogP contribution in [0.25, 0.3) is 0 Å². The van der Waals surface area contributed by atoms with Crippen LogP contribution in [0.3, 0.4) is 0 Å². The second-order valence-electron chi connectivity index (χ2n) is 6.03. The van der Waals surface area contributed by atoms with E-state index in [-0.39, 0.29) is 18.0 Å². The van der Waals surface area contributed by atoms with Gasteiger partial charge in [-0.15, -0.1) is 0 Å². The summed E-state index contributed by atoms with van der Waals surface area (Å²) in [6.07, 6.45) is 0. The first kappa shape index (κ1) is 17.2. The van der Waals surface area contributed by atoms with Crippen molar-refractivity contribution in [1.29, 1.82) is 0 Å². The van der Waals surface area contributed by atoms with Gasteiger partial charge in [-0.05, 0) is 70.1 Å². The van der Waals surface area contributed by atoms with Crippen molar-refractivity contribution in [1.82, 2.24) is 16.2 Å². The zero-order valence-electron chi connectivity index (χ0n) is 13.3. The topological polar surface area (TPSA) is 65.2 Å². The lowest BCUT2D eigenvalue weighted by Crippen LogP contribution is -2.53. The average molecular weight is 308 g/mol. The van der Waals surface area contributed by atoms with Gasteiger partial charge < -0.3 is 10.6 Å². The molecule has 0 bridgehead atoms. The minimum absolute atomic E-state index is 0.146. The fourth-order valence-electron chi connectivity index (χ4n) is 1.58. The van der Waals surface area contributed by atoms with Gasteiger partial charge in [-0.3, -0.25) is 15.6 Å². The summed E-state index contributed by atoms with van der Waals surface area (Å²) in [6.45, 7) is 10.2. The van der Waals surface area contributed by atoms with Crippen molar-refractivity contribution in [3.8, 4) is 0 Å². The van der Waals surface area contributed by atoms with Gasteiger partial charge in [0.2, 0.25) is 0 Å². The molecule has 1 rings (SSSR count). The Morgan fingerprint density at radius 3 is 2.38 bits per heavy atom. The molecule has 0 aliphatic carbocycles. The summed E-state index contributed by atoms with van der Waals surface area (Å²) >= 11 is 5.07. The van der Waals surface area contributed by atoms with Crippen LogP contribution in [0.5, 0.6) is 0 Å². The first-order chi connectivity index (χ1) is 9.67. The van der Waals surface area contributed by atoms with Crippen LogP contribution >= 0.6 is 12.2 Å². The lowest BCUT2D eigenvalue weighted by molar-refractivity contribution is -0.119. The zero-order valence-corrected chi connectivity index (χ0v) is 14.1. The predicted molar refractivity (Wildman–Crippen MR) is 91.2 cm³/mol. The molecule has 0 aliphatic heterocycles. The molecule has 116 valence electrons. The van der Waals surface area contributed by atoms with Crippen molar-refractivity contribution in [2.75, 3.05) is 11.9 Å². The summed E-state index contributed by atoms with van der Waals surface area (Å²) in [5, 5.41) is 6.51. The largest absolute Gasteiger partial charge is 0.376 e. The third kappa shape index (κ3) is 6.94. The first-order valence-electron chi connectivity index (χ1n) is 6.85. The van der Waals surface area contributed by atoms with Crippen molar-refractivity contribution in [3.05, 3.63) is 29.3 Å². The molecule has 0 spiro atoms. The summed E-state index contributed by atoms with van der Waals surface area (Å²) in [7, 11) is 0. The number of aryl methyl sites for hydroxylation is 2. The lowest BCUT2D eigenvalue weighted by Gasteiger charge is -2.23. The molecule has 4 N–H and O–H groups in total. The van der Waals surface area contributed by atoms with Gasteiger partial charge >= 0.3 is 0 Å². The second kappa shape index (κ2) is 7.26. The number of hydrazine groups is 1. The zero-order chi connectivity index (χ0) is 16.0. The smallest absolute Gasteiger partial charge is 0.257 e. The third-order valence-corrected chi connectivity index (χ3v) is 2.97. The van der Waals surface area contributed by atoms with Gasteiger partial charge in [0.25, 0.3) is 5.91 Å². The van der Waals surface area contributed by atoms with E-state index in [1.54, 1.807) is 0 Å². The van der Waals surface area contributed by atoms with E-state index in [0.29, 0.717) is 5.11 Å². The van der Waals surface area contributed by atoms with Gasteiger partial charge in [-0.25, -0.2) is 0 Å². The molecule has 5 nitrogen and oxygen atoms in total. The molecule has 0 fully saturated rings. The van der Waals surface area contributed by atoms with Crippen molar-refractivity contribution in [2.45, 2.75) is 40.2 Å². The molecule has 1 aromatic rings. The Bertz CT molecular complexity index is 523. The summed E-state index contributed by atoms with van der Waals surface area (Å²) in [4.78, 5) is 11.7. The molecular weight excluding hydrogens is 284 g/mol. The average Bonchev–Trinajstić information content (AvgIpc) is 2.36. The molecule has 0 saturated heterocycles. The van der Waals surface area contributed by atoms with E-state index < -0.39 is 0 Å². The van der Waals surface area contributed by atoms with Crippen molar-refractivity contribution >= 4 is 28.9 Å². The van der Waals surface area contributed by atoms with E-state index in [4.69, 9.17) is 12.2 Å². The van der Waals surface area contributed by atoms with Gasteiger partial charge in [0.05, 0.1) is 6.54 Å². The molecule has 0 aromatic heterocycles. The molecule has 21 heavy (non-hydrogen) atoms. The highest BCUT2D eigenvalue weighted by Crippen LogP contribution is 2.13. The van der Waals surface area contributed by atoms with Gasteiger partial charge in [0, 0.05) is 11.2 Å². The van der Waals surface area contributed by atoms with E-state index in [0.717, 1.165) is 5.69 Å². The number of rotatable bonds is 3. The molecule has 0 aliphatic rings. The van der Waals surface area contributed by atoms with E-state index in [1.165, 1.54) is 11.1 Å². The number of anilines is 1. The highest BCUT2D eigenvalue weighted by atomic mass is 32.1. The minimum Gasteiger partial charge on any atom is -0.376 e. The number of thiocarbonyl (C=S) groups is 1. The van der Waals surface area contributed by atoms with E-state index in [9.17, 15) is 4.79 Å². The van der Waals surface area contributed by atoms with Gasteiger partial charge in [-0.2, -0.15) is 0 Å². The third-order valence-electron chi connectivity index (χ3n) is 2.76. The highest BCUT2D eigenvalue weighted by Gasteiger charge is 2.11. The highest BCUT2D eigenvalue weighted by molar-refractivity contribution is 7.80. The number of amides is 1. The summed E-state index contributed by atoms with van der Waals surface area (Å²) in [6, 6.07) is 5.99. The SMILES string of the molecule is Cc1ccc(NCC(=O)NNC(=S)NC(C)(C)C)cc1C. The number of carbonyl (C=O) groups is 1. The number of hydrogen-bond acceptors (Lipinski definition) is 3. The van der Waals surface area contributed by atoms with Gasteiger partial charge in [-0.1, -0.05) is 6.07 Å². The summed E-state index contributed by atoms with van der Waals surface area (Å²) < 4.78 is 0. The molecular formula is C15H24N4OS. The maximum atomic E-state index is 11.7. The van der Waals surface area contributed by atoms with E-state index >= 15 is 0 Å². The van der Waals surface area contributed by atoms with Crippen LogP contribution in [-0.2, 0) is 4.79 Å². The Morgan fingerprint density at radius 2 is 1.81 bits per heavy atom. The lowest BCUT2D eigenvalue weighted by atomic mass is 10.1. The molecule has 6 heteroatoms. The van der Waals surface area contributed by atoms with Gasteiger partial charge in [0.1, 0.15) is 0 Å². The molecule has 0 unspecified atom stereocenters. The fourth-order valence-corrected chi connectivity index (χ4v) is 1.93. The second-order valence-corrected chi connectivity index (χ2v) is 6.44. The predicted octanol–water partition coefficient (Wildman–Crippen LogP) is 2.01. The number of benzene rings is 1. The van der Waals surface area contributed by atoms with Crippen LogP contribution in [-0.4, -0.2) is 23.1 Å². The molecule has 0 saturated carbocycles. The molecule has 1 amide bonds. The first-order valence-corrected chi connectivity index (χ1v) is 7.26. The van der Waals surface area contributed by atoms with Crippen LogP contribution in [0.4, 0.5) is 5.69 Å². The van der Waals surface area contributed by atoms with E-state index in [1.807, 2.05) is 45.9 Å². The Morgan fingerprint density at radius 1 is 1.14 bits per heavy atom. The van der Waals surface area contributed by atoms with Crippen molar-refractivity contribution in [2.24, 2.45) is 0 Å². The van der Waals surface area contributed by atoms with Crippen molar-refractivity contribution in [3.63, 3.8) is 0 Å². The molecule has 1 aromatic carbocycles. The van der Waals surface area contributed by atoms with Crippen LogP contribution in [0, 0.1) is 13.8 Å². The summed E-state index contributed by atoms with van der Waals surface area (Å²) in [5.41, 5.74) is 8.41.